The monoisotopic (exact) mass is 242 g/mol. The van der Waals surface area contributed by atoms with Crippen LogP contribution in [0.1, 0.15) is 39.0 Å². The van der Waals surface area contributed by atoms with Crippen LogP contribution in [0.3, 0.4) is 0 Å². The van der Waals surface area contributed by atoms with E-state index in [0.29, 0.717) is 12.5 Å². The molecular formula is C12H22N2O3. The van der Waals surface area contributed by atoms with E-state index in [9.17, 15) is 9.59 Å². The zero-order chi connectivity index (χ0) is 12.8. The Balaban J connectivity index is 2.37. The van der Waals surface area contributed by atoms with E-state index in [0.717, 1.165) is 25.7 Å². The number of amides is 1. The molecule has 0 heterocycles. The number of carboxylic acids is 1. The predicted octanol–water partition coefficient (Wildman–Crippen LogP) is 0.731. The van der Waals surface area contributed by atoms with Crippen molar-refractivity contribution in [3.8, 4) is 0 Å². The van der Waals surface area contributed by atoms with Gasteiger partial charge in [-0.15, -0.1) is 0 Å². The maximum absolute atomic E-state index is 11.8. The van der Waals surface area contributed by atoms with Crippen LogP contribution in [0.15, 0.2) is 0 Å². The lowest BCUT2D eigenvalue weighted by atomic mass is 10.0. The molecule has 0 saturated heterocycles. The van der Waals surface area contributed by atoms with Crippen molar-refractivity contribution in [2.45, 2.75) is 45.1 Å². The van der Waals surface area contributed by atoms with Crippen molar-refractivity contribution in [2.24, 2.45) is 17.6 Å². The van der Waals surface area contributed by atoms with Crippen molar-refractivity contribution in [2.75, 3.05) is 6.54 Å². The predicted molar refractivity (Wildman–Crippen MR) is 64.4 cm³/mol. The molecule has 1 aliphatic rings. The van der Waals surface area contributed by atoms with Gasteiger partial charge >= 0.3 is 5.97 Å². The minimum absolute atomic E-state index is 0.0278. The smallest absolute Gasteiger partial charge is 0.305 e. The molecule has 2 unspecified atom stereocenters. The van der Waals surface area contributed by atoms with Crippen molar-refractivity contribution in [3.63, 3.8) is 0 Å². The number of carbonyl (C=O) groups is 2. The topological polar surface area (TPSA) is 92.4 Å². The highest BCUT2D eigenvalue weighted by Crippen LogP contribution is 2.34. The summed E-state index contributed by atoms with van der Waals surface area (Å²) >= 11 is 0. The van der Waals surface area contributed by atoms with Crippen LogP contribution in [0, 0.1) is 11.8 Å². The minimum Gasteiger partial charge on any atom is -0.481 e. The van der Waals surface area contributed by atoms with Gasteiger partial charge in [0.15, 0.2) is 0 Å². The number of hydrogen-bond donors (Lipinski definition) is 3. The van der Waals surface area contributed by atoms with Crippen LogP contribution in [0.4, 0.5) is 0 Å². The van der Waals surface area contributed by atoms with Crippen LogP contribution in [0.2, 0.25) is 0 Å². The lowest BCUT2D eigenvalue weighted by molar-refractivity contribution is -0.138. The van der Waals surface area contributed by atoms with Crippen LogP contribution < -0.4 is 11.1 Å². The van der Waals surface area contributed by atoms with Gasteiger partial charge in [0, 0.05) is 12.0 Å². The second kappa shape index (κ2) is 6.59. The van der Waals surface area contributed by atoms with Gasteiger partial charge in [-0.3, -0.25) is 9.59 Å². The molecule has 1 fully saturated rings. The summed E-state index contributed by atoms with van der Waals surface area (Å²) in [6.45, 7) is 2.44. The molecule has 1 saturated carbocycles. The van der Waals surface area contributed by atoms with E-state index >= 15 is 0 Å². The first-order valence-corrected chi connectivity index (χ1v) is 6.26. The summed E-state index contributed by atoms with van der Waals surface area (Å²) in [5.74, 6) is -0.626. The SMILES string of the molecule is CC(CCCN)C(=O)NC(CC(=O)O)C1CC1. The number of nitrogens with two attached hydrogens (primary N) is 1. The maximum atomic E-state index is 11.8. The largest absolute Gasteiger partial charge is 0.481 e. The average molecular weight is 242 g/mol. The molecule has 1 amide bonds. The standard InChI is InChI=1S/C12H22N2O3/c1-8(3-2-6-13)12(17)14-10(7-11(15)16)9-4-5-9/h8-10H,2-7,13H2,1H3,(H,14,17)(H,15,16). The third-order valence-electron chi connectivity index (χ3n) is 3.20. The molecule has 1 rings (SSSR count). The fourth-order valence-electron chi connectivity index (χ4n) is 1.90. The Labute approximate surface area is 102 Å². The number of nitrogens with one attached hydrogen (secondary N) is 1. The second-order valence-corrected chi connectivity index (χ2v) is 4.88. The van der Waals surface area contributed by atoms with Gasteiger partial charge in [0.05, 0.1) is 6.42 Å². The Morgan fingerprint density at radius 2 is 2.12 bits per heavy atom. The van der Waals surface area contributed by atoms with Crippen molar-refractivity contribution >= 4 is 11.9 Å². The minimum atomic E-state index is -0.850. The molecule has 1 aliphatic carbocycles. The maximum Gasteiger partial charge on any atom is 0.305 e. The van der Waals surface area contributed by atoms with E-state index in [2.05, 4.69) is 5.32 Å². The average Bonchev–Trinajstić information content (AvgIpc) is 3.07. The van der Waals surface area contributed by atoms with E-state index in [1.54, 1.807) is 0 Å². The van der Waals surface area contributed by atoms with Crippen LogP contribution >= 0.6 is 0 Å². The molecule has 98 valence electrons. The van der Waals surface area contributed by atoms with Crippen LogP contribution in [0.25, 0.3) is 0 Å². The molecule has 17 heavy (non-hydrogen) atoms. The molecule has 0 aromatic heterocycles. The number of hydrogen-bond acceptors (Lipinski definition) is 3. The fourth-order valence-corrected chi connectivity index (χ4v) is 1.90. The normalized spacial score (nSPS) is 18.5. The van der Waals surface area contributed by atoms with Crippen LogP contribution in [0.5, 0.6) is 0 Å². The molecule has 0 spiro atoms. The Morgan fingerprint density at radius 1 is 1.47 bits per heavy atom. The lowest BCUT2D eigenvalue weighted by Crippen LogP contribution is -2.40. The van der Waals surface area contributed by atoms with Gasteiger partial charge in [-0.1, -0.05) is 6.92 Å². The number of carboxylic acid groups (broad SMARTS) is 1. The zero-order valence-corrected chi connectivity index (χ0v) is 10.3. The molecule has 0 aliphatic heterocycles. The molecule has 5 heteroatoms. The third-order valence-corrected chi connectivity index (χ3v) is 3.20. The second-order valence-electron chi connectivity index (χ2n) is 4.88. The zero-order valence-electron chi connectivity index (χ0n) is 10.3. The van der Waals surface area contributed by atoms with Gasteiger partial charge in [-0.05, 0) is 38.1 Å². The molecular weight excluding hydrogens is 220 g/mol. The summed E-state index contributed by atoms with van der Waals surface area (Å²) in [5, 5.41) is 11.6. The first-order valence-electron chi connectivity index (χ1n) is 6.26. The third kappa shape index (κ3) is 5.17. The van der Waals surface area contributed by atoms with E-state index < -0.39 is 5.97 Å². The molecule has 0 aromatic rings. The van der Waals surface area contributed by atoms with Gasteiger partial charge in [-0.25, -0.2) is 0 Å². The van der Waals surface area contributed by atoms with Crippen molar-refractivity contribution in [3.05, 3.63) is 0 Å². The Morgan fingerprint density at radius 3 is 2.59 bits per heavy atom. The van der Waals surface area contributed by atoms with Crippen LogP contribution in [-0.2, 0) is 9.59 Å². The van der Waals surface area contributed by atoms with Gasteiger partial charge < -0.3 is 16.2 Å². The van der Waals surface area contributed by atoms with Crippen molar-refractivity contribution in [1.82, 2.24) is 5.32 Å². The summed E-state index contributed by atoms with van der Waals surface area (Å²) < 4.78 is 0. The Hall–Kier alpha value is -1.10. The summed E-state index contributed by atoms with van der Waals surface area (Å²) in [5.41, 5.74) is 5.39. The van der Waals surface area contributed by atoms with Gasteiger partial charge in [0.1, 0.15) is 0 Å². The molecule has 0 radical (unpaired) electrons. The Kier molecular flexibility index (Phi) is 5.41. The Bertz CT molecular complexity index is 277. The summed E-state index contributed by atoms with van der Waals surface area (Å²) in [4.78, 5) is 22.5. The highest BCUT2D eigenvalue weighted by Gasteiger charge is 2.34. The number of rotatable bonds is 8. The number of aliphatic carboxylic acids is 1. The lowest BCUT2D eigenvalue weighted by Gasteiger charge is -2.19. The molecule has 5 nitrogen and oxygen atoms in total. The van der Waals surface area contributed by atoms with E-state index in [1.165, 1.54) is 0 Å². The van der Waals surface area contributed by atoms with Crippen LogP contribution in [-0.4, -0.2) is 29.6 Å². The molecule has 2 atom stereocenters. The van der Waals surface area contributed by atoms with E-state index in [4.69, 9.17) is 10.8 Å². The fraction of sp³-hybridized carbons (Fsp3) is 0.833. The van der Waals surface area contributed by atoms with Gasteiger partial charge in [0.25, 0.3) is 0 Å². The van der Waals surface area contributed by atoms with Gasteiger partial charge in [-0.2, -0.15) is 0 Å². The van der Waals surface area contributed by atoms with E-state index in [1.807, 2.05) is 6.92 Å². The quantitative estimate of drug-likeness (QED) is 0.585. The first kappa shape index (κ1) is 14.0. The highest BCUT2D eigenvalue weighted by molar-refractivity contribution is 5.79. The van der Waals surface area contributed by atoms with E-state index in [-0.39, 0.29) is 24.3 Å². The summed E-state index contributed by atoms with van der Waals surface area (Å²) in [6.07, 6.45) is 3.65. The molecule has 0 bridgehead atoms. The summed E-state index contributed by atoms with van der Waals surface area (Å²) in [7, 11) is 0. The highest BCUT2D eigenvalue weighted by atomic mass is 16.4. The first-order chi connectivity index (χ1) is 8.04. The summed E-state index contributed by atoms with van der Waals surface area (Å²) in [6, 6.07) is -0.194. The molecule has 4 N–H and O–H groups in total. The van der Waals surface area contributed by atoms with Crippen molar-refractivity contribution < 1.29 is 14.7 Å². The van der Waals surface area contributed by atoms with Gasteiger partial charge in [0.2, 0.25) is 5.91 Å². The number of carbonyl (C=O) groups excluding carboxylic acids is 1. The van der Waals surface area contributed by atoms with Crippen molar-refractivity contribution in [1.29, 1.82) is 0 Å². The molecule has 0 aromatic carbocycles.